The van der Waals surface area contributed by atoms with Crippen LogP contribution in [0.25, 0.3) is 0 Å². The minimum absolute atomic E-state index is 0.0539. The van der Waals surface area contributed by atoms with Crippen LogP contribution >= 0.6 is 0 Å². The Bertz CT molecular complexity index is 1010. The molecule has 0 bridgehead atoms. The number of nitrogens with one attached hydrogen (secondary N) is 2. The van der Waals surface area contributed by atoms with E-state index in [4.69, 9.17) is 14.2 Å². The van der Waals surface area contributed by atoms with E-state index in [1.165, 1.54) is 6.07 Å². The predicted octanol–water partition coefficient (Wildman–Crippen LogP) is 4.95. The van der Waals surface area contributed by atoms with Gasteiger partial charge in [-0.25, -0.2) is 4.39 Å². The maximum Gasteiger partial charge on any atom is 0.240 e. The third-order valence-corrected chi connectivity index (χ3v) is 4.96. The van der Waals surface area contributed by atoms with E-state index in [1.807, 2.05) is 62.4 Å². The third kappa shape index (κ3) is 6.62. The van der Waals surface area contributed by atoms with Gasteiger partial charge in [0.2, 0.25) is 5.91 Å². The molecule has 0 unspecified atom stereocenters. The summed E-state index contributed by atoms with van der Waals surface area (Å²) < 4.78 is 30.4. The SMILES string of the molecule is COc1ccc(C(NC(=O)CNc2ccc(OC(C)C)cc2F)c2ccc(OC)cc2)cc1. The number of rotatable bonds is 10. The van der Waals surface area contributed by atoms with Gasteiger partial charge in [-0.05, 0) is 61.4 Å². The molecule has 0 radical (unpaired) electrons. The van der Waals surface area contributed by atoms with Gasteiger partial charge in [-0.15, -0.1) is 0 Å². The van der Waals surface area contributed by atoms with Gasteiger partial charge < -0.3 is 24.8 Å². The maximum absolute atomic E-state index is 14.4. The van der Waals surface area contributed by atoms with Crippen LogP contribution in [0.4, 0.5) is 10.1 Å². The number of ether oxygens (including phenoxy) is 3. The smallest absolute Gasteiger partial charge is 0.240 e. The van der Waals surface area contributed by atoms with Gasteiger partial charge in [0.15, 0.2) is 0 Å². The predicted molar refractivity (Wildman–Crippen MR) is 127 cm³/mol. The Morgan fingerprint density at radius 1 is 0.848 bits per heavy atom. The van der Waals surface area contributed by atoms with Crippen molar-refractivity contribution in [3.8, 4) is 17.2 Å². The molecule has 0 saturated carbocycles. The fourth-order valence-electron chi connectivity index (χ4n) is 3.32. The van der Waals surface area contributed by atoms with Crippen molar-refractivity contribution < 1.29 is 23.4 Å². The van der Waals surface area contributed by atoms with Crippen LogP contribution < -0.4 is 24.8 Å². The topological polar surface area (TPSA) is 68.8 Å². The Balaban J connectivity index is 1.72. The number of benzene rings is 3. The molecule has 0 aliphatic rings. The lowest BCUT2D eigenvalue weighted by atomic mass is 9.98. The molecule has 0 heterocycles. The third-order valence-electron chi connectivity index (χ3n) is 4.96. The molecule has 0 saturated heterocycles. The largest absolute Gasteiger partial charge is 0.497 e. The molecule has 3 rings (SSSR count). The van der Waals surface area contributed by atoms with Gasteiger partial charge in [-0.2, -0.15) is 0 Å². The molecule has 1 amide bonds. The van der Waals surface area contributed by atoms with E-state index in [0.29, 0.717) is 5.75 Å². The average Bonchev–Trinajstić information content (AvgIpc) is 2.82. The van der Waals surface area contributed by atoms with E-state index in [0.717, 1.165) is 22.6 Å². The summed E-state index contributed by atoms with van der Waals surface area (Å²) in [5.41, 5.74) is 2.00. The molecule has 0 aromatic heterocycles. The van der Waals surface area contributed by atoms with Crippen LogP contribution in [0.3, 0.4) is 0 Å². The molecule has 0 spiro atoms. The van der Waals surface area contributed by atoms with E-state index in [9.17, 15) is 9.18 Å². The monoisotopic (exact) mass is 452 g/mol. The molecule has 7 heteroatoms. The first-order chi connectivity index (χ1) is 15.9. The lowest BCUT2D eigenvalue weighted by Gasteiger charge is -2.21. The zero-order valence-electron chi connectivity index (χ0n) is 19.2. The van der Waals surface area contributed by atoms with Gasteiger partial charge in [-0.1, -0.05) is 24.3 Å². The van der Waals surface area contributed by atoms with Gasteiger partial charge in [0.1, 0.15) is 23.1 Å². The Hall–Kier alpha value is -3.74. The number of carbonyl (C=O) groups excluding carboxylic acids is 1. The summed E-state index contributed by atoms with van der Waals surface area (Å²) >= 11 is 0. The highest BCUT2D eigenvalue weighted by Gasteiger charge is 2.18. The molecule has 0 aliphatic carbocycles. The average molecular weight is 453 g/mol. The highest BCUT2D eigenvalue weighted by atomic mass is 19.1. The number of anilines is 1. The van der Waals surface area contributed by atoms with Gasteiger partial charge in [-0.3, -0.25) is 4.79 Å². The molecule has 174 valence electrons. The number of carbonyl (C=O) groups is 1. The molecular weight excluding hydrogens is 423 g/mol. The second kappa shape index (κ2) is 11.2. The van der Waals surface area contributed by atoms with Gasteiger partial charge >= 0.3 is 0 Å². The first-order valence-corrected chi connectivity index (χ1v) is 10.7. The van der Waals surface area contributed by atoms with E-state index in [2.05, 4.69) is 10.6 Å². The van der Waals surface area contributed by atoms with Crippen molar-refractivity contribution >= 4 is 11.6 Å². The van der Waals surface area contributed by atoms with Gasteiger partial charge in [0, 0.05) is 6.07 Å². The molecular formula is C26H29FN2O4. The number of hydrogen-bond acceptors (Lipinski definition) is 5. The van der Waals surface area contributed by atoms with Crippen LogP contribution in [-0.2, 0) is 4.79 Å². The highest BCUT2D eigenvalue weighted by Crippen LogP contribution is 2.26. The number of methoxy groups -OCH3 is 2. The van der Waals surface area contributed by atoms with Crippen molar-refractivity contribution in [2.75, 3.05) is 26.1 Å². The minimum atomic E-state index is -0.484. The van der Waals surface area contributed by atoms with Crippen molar-refractivity contribution in [2.45, 2.75) is 26.0 Å². The Labute approximate surface area is 193 Å². The van der Waals surface area contributed by atoms with Gasteiger partial charge in [0.05, 0.1) is 38.6 Å². The second-order valence-electron chi connectivity index (χ2n) is 7.71. The fourth-order valence-corrected chi connectivity index (χ4v) is 3.32. The summed E-state index contributed by atoms with van der Waals surface area (Å²) in [7, 11) is 3.20. The van der Waals surface area contributed by atoms with Crippen LogP contribution in [0, 0.1) is 5.82 Å². The summed E-state index contributed by atoms with van der Waals surface area (Å²) in [6.07, 6.45) is -0.0539. The Morgan fingerprint density at radius 2 is 1.36 bits per heavy atom. The van der Waals surface area contributed by atoms with Crippen LogP contribution in [0.1, 0.15) is 31.0 Å². The number of halogens is 1. The summed E-state index contributed by atoms with van der Waals surface area (Å²) in [4.78, 5) is 12.8. The van der Waals surface area contributed by atoms with Crippen LogP contribution in [0.2, 0.25) is 0 Å². The lowest BCUT2D eigenvalue weighted by Crippen LogP contribution is -2.34. The van der Waals surface area contributed by atoms with Crippen LogP contribution in [0.5, 0.6) is 17.2 Å². The summed E-state index contributed by atoms with van der Waals surface area (Å²) in [5.74, 6) is 1.12. The standard InChI is InChI=1S/C26H29FN2O4/c1-17(2)33-22-13-14-24(23(27)15-22)28-16-25(30)29-26(18-5-9-20(31-3)10-6-18)19-7-11-21(32-4)12-8-19/h5-15,17,26,28H,16H2,1-4H3,(H,29,30). The molecule has 0 atom stereocenters. The van der Waals surface area contributed by atoms with Crippen LogP contribution in [0.15, 0.2) is 66.7 Å². The quantitative estimate of drug-likeness (QED) is 0.456. The van der Waals surface area contributed by atoms with Crippen molar-refractivity contribution in [3.63, 3.8) is 0 Å². The first kappa shape index (κ1) is 23.9. The molecule has 33 heavy (non-hydrogen) atoms. The van der Waals surface area contributed by atoms with Crippen molar-refractivity contribution in [3.05, 3.63) is 83.7 Å². The van der Waals surface area contributed by atoms with Crippen molar-refractivity contribution in [1.82, 2.24) is 5.32 Å². The fraction of sp³-hybridized carbons (Fsp3) is 0.269. The molecule has 2 N–H and O–H groups in total. The molecule has 6 nitrogen and oxygen atoms in total. The molecule has 3 aromatic rings. The normalized spacial score (nSPS) is 10.8. The number of hydrogen-bond donors (Lipinski definition) is 2. The summed E-state index contributed by atoms with van der Waals surface area (Å²) in [6.45, 7) is 3.65. The summed E-state index contributed by atoms with van der Waals surface area (Å²) in [6, 6.07) is 19.1. The molecule has 0 fully saturated rings. The van der Waals surface area contributed by atoms with E-state index >= 15 is 0 Å². The minimum Gasteiger partial charge on any atom is -0.497 e. The second-order valence-corrected chi connectivity index (χ2v) is 7.71. The highest BCUT2D eigenvalue weighted by molar-refractivity contribution is 5.81. The Kier molecular flexibility index (Phi) is 8.13. The number of amides is 1. The first-order valence-electron chi connectivity index (χ1n) is 10.7. The zero-order chi connectivity index (χ0) is 23.8. The lowest BCUT2D eigenvalue weighted by molar-refractivity contribution is -0.119. The van der Waals surface area contributed by atoms with Crippen molar-refractivity contribution in [2.24, 2.45) is 0 Å². The molecule has 0 aliphatic heterocycles. The van der Waals surface area contributed by atoms with Gasteiger partial charge in [0.25, 0.3) is 0 Å². The summed E-state index contributed by atoms with van der Waals surface area (Å²) in [5, 5.41) is 5.88. The van der Waals surface area contributed by atoms with Crippen LogP contribution in [-0.4, -0.2) is 32.8 Å². The van der Waals surface area contributed by atoms with Crippen molar-refractivity contribution in [1.29, 1.82) is 0 Å². The van der Waals surface area contributed by atoms with E-state index in [1.54, 1.807) is 26.4 Å². The van der Waals surface area contributed by atoms with E-state index in [-0.39, 0.29) is 24.2 Å². The van der Waals surface area contributed by atoms with E-state index < -0.39 is 11.9 Å². The Morgan fingerprint density at radius 3 is 1.82 bits per heavy atom. The molecule has 3 aromatic carbocycles. The maximum atomic E-state index is 14.4. The zero-order valence-corrected chi connectivity index (χ0v) is 19.2.